The van der Waals surface area contributed by atoms with Gasteiger partial charge in [0.05, 0.1) is 0 Å². The monoisotopic (exact) mass is 576 g/mol. The molecule has 1 aliphatic carbocycles. The highest BCUT2D eigenvalue weighted by atomic mass is 15.1. The minimum absolute atomic E-state index is 0.760. The fourth-order valence-corrected chi connectivity index (χ4v) is 6.75. The Labute approximate surface area is 262 Å². The summed E-state index contributed by atoms with van der Waals surface area (Å²) in [5.74, 6) is 0.760. The molecule has 0 aliphatic heterocycles. The van der Waals surface area contributed by atoms with Gasteiger partial charge in [0.1, 0.15) is 0 Å². The lowest BCUT2D eigenvalue weighted by Gasteiger charge is -2.22. The molecule has 1 aliphatic rings. The zero-order valence-corrected chi connectivity index (χ0v) is 28.2. The summed E-state index contributed by atoms with van der Waals surface area (Å²) in [6.45, 7) is 16.3. The molecular formula is C41H56N2. The Hall–Kier alpha value is -3.10. The maximum absolute atomic E-state index is 3.37. The number of nitrogens with zero attached hydrogens (tertiary/aromatic N) is 1. The average Bonchev–Trinajstić information content (AvgIpc) is 3.47. The van der Waals surface area contributed by atoms with Crippen molar-refractivity contribution in [3.05, 3.63) is 106 Å². The molecule has 43 heavy (non-hydrogen) atoms. The molecule has 3 aromatic rings. The molecule has 4 rings (SSSR count). The van der Waals surface area contributed by atoms with Gasteiger partial charge in [-0.05, 0) is 160 Å². The Morgan fingerprint density at radius 3 is 2.47 bits per heavy atom. The molecule has 1 unspecified atom stereocenters. The van der Waals surface area contributed by atoms with E-state index in [2.05, 4.69) is 119 Å². The Bertz CT molecular complexity index is 1460. The van der Waals surface area contributed by atoms with Gasteiger partial charge in [-0.1, -0.05) is 81.2 Å². The van der Waals surface area contributed by atoms with Gasteiger partial charge in [-0.15, -0.1) is 0 Å². The van der Waals surface area contributed by atoms with E-state index in [1.165, 1.54) is 106 Å². The zero-order valence-electron chi connectivity index (χ0n) is 28.2. The summed E-state index contributed by atoms with van der Waals surface area (Å²) in [5.41, 5.74) is 13.8. The molecule has 2 aromatic carbocycles. The second kappa shape index (κ2) is 16.1. The third kappa shape index (κ3) is 8.73. The van der Waals surface area contributed by atoms with Gasteiger partial charge in [0.2, 0.25) is 0 Å². The molecule has 1 atom stereocenters. The van der Waals surface area contributed by atoms with Crippen LogP contribution in [0.25, 0.3) is 22.0 Å². The van der Waals surface area contributed by atoms with Crippen molar-refractivity contribution in [3.8, 4) is 0 Å². The van der Waals surface area contributed by atoms with Gasteiger partial charge in [-0.2, -0.15) is 0 Å². The van der Waals surface area contributed by atoms with Gasteiger partial charge in [0.25, 0.3) is 0 Å². The SMILES string of the molecule is CCCC(C)=C(C1=CC(c2ccc(CC(CC)CCCN(C)CCC)cc2)=CCCC(C)=C1C)c1ccc2[nH]ccc2c1. The number of rotatable bonds is 14. The fraction of sp³-hybridized carbons (Fsp3) is 0.463. The van der Waals surface area contributed by atoms with Gasteiger partial charge in [0.15, 0.2) is 0 Å². The molecule has 0 saturated carbocycles. The first-order valence-electron chi connectivity index (χ1n) is 17.0. The Morgan fingerprint density at radius 2 is 1.74 bits per heavy atom. The highest BCUT2D eigenvalue weighted by molar-refractivity contribution is 5.93. The normalized spacial score (nSPS) is 15.7. The number of H-pyrrole nitrogens is 1. The molecule has 0 radical (unpaired) electrons. The van der Waals surface area contributed by atoms with Crippen LogP contribution in [0.1, 0.15) is 110 Å². The third-order valence-corrected chi connectivity index (χ3v) is 9.54. The van der Waals surface area contributed by atoms with Crippen LogP contribution in [-0.2, 0) is 6.42 Å². The van der Waals surface area contributed by atoms with E-state index in [0.717, 1.165) is 31.6 Å². The van der Waals surface area contributed by atoms with Crippen LogP contribution in [0.5, 0.6) is 0 Å². The van der Waals surface area contributed by atoms with Crippen molar-refractivity contribution < 1.29 is 0 Å². The smallest absolute Gasteiger partial charge is 0.0454 e. The van der Waals surface area contributed by atoms with Crippen molar-refractivity contribution in [1.82, 2.24) is 9.88 Å². The van der Waals surface area contributed by atoms with Crippen LogP contribution >= 0.6 is 0 Å². The van der Waals surface area contributed by atoms with Gasteiger partial charge in [-0.25, -0.2) is 0 Å². The number of aromatic amines is 1. The standard InChI is InChI=1S/C41H56N2/c1-8-13-31(5)41(38-21-22-40-37(28-38)23-24-42-40)39-29-36(16-11-14-30(4)32(39)6)35-19-17-34(18-20-35)27-33(10-3)15-12-26-43(7)25-9-2/h16-24,28-29,33,42H,8-15,25-27H2,1-7H3. The first-order chi connectivity index (χ1) is 20.8. The van der Waals surface area contributed by atoms with Crippen LogP contribution in [0.2, 0.25) is 0 Å². The average molecular weight is 577 g/mol. The number of aromatic nitrogens is 1. The summed E-state index contributed by atoms with van der Waals surface area (Å²) < 4.78 is 0. The third-order valence-electron chi connectivity index (χ3n) is 9.54. The Kier molecular flexibility index (Phi) is 12.3. The second-order valence-electron chi connectivity index (χ2n) is 13.0. The highest BCUT2D eigenvalue weighted by Crippen LogP contribution is 2.39. The molecule has 0 bridgehead atoms. The molecule has 2 heteroatoms. The molecule has 0 fully saturated rings. The number of benzene rings is 2. The van der Waals surface area contributed by atoms with Crippen molar-refractivity contribution in [2.24, 2.45) is 5.92 Å². The number of nitrogens with one attached hydrogen (secondary N) is 1. The van der Waals surface area contributed by atoms with Crippen molar-refractivity contribution in [2.45, 2.75) is 99.3 Å². The van der Waals surface area contributed by atoms with Crippen molar-refractivity contribution in [1.29, 1.82) is 0 Å². The van der Waals surface area contributed by atoms with Crippen molar-refractivity contribution in [3.63, 3.8) is 0 Å². The summed E-state index contributed by atoms with van der Waals surface area (Å²) in [7, 11) is 2.26. The predicted octanol–water partition coefficient (Wildman–Crippen LogP) is 11.6. The van der Waals surface area contributed by atoms with Crippen LogP contribution in [0, 0.1) is 5.92 Å². The summed E-state index contributed by atoms with van der Waals surface area (Å²) in [4.78, 5) is 5.85. The zero-order chi connectivity index (χ0) is 30.8. The van der Waals surface area contributed by atoms with E-state index in [1.807, 2.05) is 6.20 Å². The Morgan fingerprint density at radius 1 is 0.953 bits per heavy atom. The molecule has 1 heterocycles. The van der Waals surface area contributed by atoms with Crippen LogP contribution in [0.15, 0.2) is 89.2 Å². The summed E-state index contributed by atoms with van der Waals surface area (Å²) in [6, 6.07) is 18.6. The van der Waals surface area contributed by atoms with Gasteiger partial charge >= 0.3 is 0 Å². The van der Waals surface area contributed by atoms with E-state index in [1.54, 1.807) is 0 Å². The summed E-state index contributed by atoms with van der Waals surface area (Å²) >= 11 is 0. The highest BCUT2D eigenvalue weighted by Gasteiger charge is 2.18. The summed E-state index contributed by atoms with van der Waals surface area (Å²) in [5, 5.41) is 1.27. The molecule has 2 nitrogen and oxygen atoms in total. The van der Waals surface area contributed by atoms with E-state index >= 15 is 0 Å². The second-order valence-corrected chi connectivity index (χ2v) is 13.0. The molecule has 1 aromatic heterocycles. The van der Waals surface area contributed by atoms with Gasteiger partial charge < -0.3 is 9.88 Å². The van der Waals surface area contributed by atoms with Crippen molar-refractivity contribution >= 4 is 22.0 Å². The molecule has 0 spiro atoms. The number of hydrogen-bond acceptors (Lipinski definition) is 1. The van der Waals surface area contributed by atoms with E-state index in [-0.39, 0.29) is 0 Å². The van der Waals surface area contributed by atoms with E-state index in [4.69, 9.17) is 0 Å². The first kappa shape index (κ1) is 32.8. The van der Waals surface area contributed by atoms with Crippen LogP contribution < -0.4 is 0 Å². The summed E-state index contributed by atoms with van der Waals surface area (Å²) in [6.07, 6.45) is 17.7. The lowest BCUT2D eigenvalue weighted by Crippen LogP contribution is -2.21. The van der Waals surface area contributed by atoms with E-state index in [0.29, 0.717) is 0 Å². The van der Waals surface area contributed by atoms with Crippen LogP contribution in [0.4, 0.5) is 0 Å². The molecular weight excluding hydrogens is 520 g/mol. The Balaban J connectivity index is 1.63. The maximum atomic E-state index is 3.37. The predicted molar refractivity (Wildman–Crippen MR) is 190 cm³/mol. The number of hydrogen-bond donors (Lipinski definition) is 1. The molecule has 0 saturated heterocycles. The lowest BCUT2D eigenvalue weighted by atomic mass is 9.82. The fourth-order valence-electron chi connectivity index (χ4n) is 6.75. The van der Waals surface area contributed by atoms with Gasteiger partial charge in [-0.3, -0.25) is 0 Å². The maximum Gasteiger partial charge on any atom is 0.0454 e. The van der Waals surface area contributed by atoms with Gasteiger partial charge in [0, 0.05) is 11.7 Å². The van der Waals surface area contributed by atoms with Crippen LogP contribution in [0.3, 0.4) is 0 Å². The first-order valence-corrected chi connectivity index (χ1v) is 17.0. The number of allylic oxidation sites excluding steroid dienone is 8. The molecule has 230 valence electrons. The lowest BCUT2D eigenvalue weighted by molar-refractivity contribution is 0.310. The molecule has 1 N–H and O–H groups in total. The van der Waals surface area contributed by atoms with Crippen molar-refractivity contribution in [2.75, 3.05) is 20.1 Å². The van der Waals surface area contributed by atoms with E-state index in [9.17, 15) is 0 Å². The number of fused-ring (bicyclic) bond motifs is 1. The largest absolute Gasteiger partial charge is 0.361 e. The topological polar surface area (TPSA) is 19.0 Å². The molecule has 0 amide bonds. The quantitative estimate of drug-likeness (QED) is 0.202. The minimum atomic E-state index is 0.760. The minimum Gasteiger partial charge on any atom is -0.361 e. The van der Waals surface area contributed by atoms with E-state index < -0.39 is 0 Å². The van der Waals surface area contributed by atoms with Crippen LogP contribution in [-0.4, -0.2) is 30.0 Å².